The van der Waals surface area contributed by atoms with Gasteiger partial charge in [-0.15, -0.1) is 0 Å². The molecule has 1 aliphatic carbocycles. The summed E-state index contributed by atoms with van der Waals surface area (Å²) in [5.74, 6) is 0.439. The third-order valence-electron chi connectivity index (χ3n) is 3.80. The Labute approximate surface area is 74.2 Å². The van der Waals surface area contributed by atoms with Gasteiger partial charge in [0, 0.05) is 11.3 Å². The summed E-state index contributed by atoms with van der Waals surface area (Å²) in [7, 11) is 0. The van der Waals surface area contributed by atoms with E-state index in [0.717, 1.165) is 19.6 Å². The van der Waals surface area contributed by atoms with Crippen LogP contribution >= 0.6 is 0 Å². The summed E-state index contributed by atoms with van der Waals surface area (Å²) in [4.78, 5) is 0. The van der Waals surface area contributed by atoms with Gasteiger partial charge in [0.25, 0.3) is 0 Å². The number of rotatable bonds is 2. The summed E-state index contributed by atoms with van der Waals surface area (Å²) < 4.78 is 11.5. The standard InChI is InChI=1S/C10H18O2/c1-4-8-9(3,5-2)10(8)11-6-7-12-10/h8H,4-7H2,1-3H3. The maximum absolute atomic E-state index is 5.74. The lowest BCUT2D eigenvalue weighted by Gasteiger charge is -2.13. The van der Waals surface area contributed by atoms with Crippen LogP contribution in [0.15, 0.2) is 0 Å². The topological polar surface area (TPSA) is 18.5 Å². The molecule has 1 aliphatic heterocycles. The molecule has 0 radical (unpaired) electrons. The van der Waals surface area contributed by atoms with Crippen LogP contribution < -0.4 is 0 Å². The zero-order chi connectivity index (χ0) is 8.82. The predicted molar refractivity (Wildman–Crippen MR) is 46.8 cm³/mol. The van der Waals surface area contributed by atoms with Gasteiger partial charge in [-0.3, -0.25) is 0 Å². The minimum atomic E-state index is -0.184. The summed E-state index contributed by atoms with van der Waals surface area (Å²) in [6.07, 6.45) is 2.33. The van der Waals surface area contributed by atoms with Crippen molar-refractivity contribution in [1.29, 1.82) is 0 Å². The third kappa shape index (κ3) is 0.728. The van der Waals surface area contributed by atoms with Crippen molar-refractivity contribution in [1.82, 2.24) is 0 Å². The van der Waals surface area contributed by atoms with Crippen LogP contribution in [0.5, 0.6) is 0 Å². The fourth-order valence-corrected chi connectivity index (χ4v) is 2.87. The Morgan fingerprint density at radius 1 is 1.25 bits per heavy atom. The van der Waals surface area contributed by atoms with Gasteiger partial charge in [0.1, 0.15) is 0 Å². The molecule has 1 saturated carbocycles. The van der Waals surface area contributed by atoms with Crippen LogP contribution in [0, 0.1) is 11.3 Å². The highest BCUT2D eigenvalue weighted by atomic mass is 16.8. The fourth-order valence-electron chi connectivity index (χ4n) is 2.87. The van der Waals surface area contributed by atoms with Gasteiger partial charge < -0.3 is 9.47 Å². The fraction of sp³-hybridized carbons (Fsp3) is 1.00. The van der Waals surface area contributed by atoms with Crippen molar-refractivity contribution in [3.05, 3.63) is 0 Å². The van der Waals surface area contributed by atoms with Gasteiger partial charge in [0.05, 0.1) is 13.2 Å². The van der Waals surface area contributed by atoms with E-state index in [0.29, 0.717) is 5.92 Å². The van der Waals surface area contributed by atoms with E-state index >= 15 is 0 Å². The highest BCUT2D eigenvalue weighted by molar-refractivity contribution is 5.17. The third-order valence-corrected chi connectivity index (χ3v) is 3.80. The molecule has 2 unspecified atom stereocenters. The zero-order valence-corrected chi connectivity index (χ0v) is 8.22. The molecule has 2 atom stereocenters. The average Bonchev–Trinajstić information content (AvgIpc) is 2.49. The van der Waals surface area contributed by atoms with Crippen LogP contribution in [-0.4, -0.2) is 19.0 Å². The molecule has 2 rings (SSSR count). The van der Waals surface area contributed by atoms with Crippen molar-refractivity contribution in [3.63, 3.8) is 0 Å². The Hall–Kier alpha value is -0.0800. The van der Waals surface area contributed by atoms with Crippen LogP contribution in [-0.2, 0) is 9.47 Å². The molecule has 0 aromatic heterocycles. The van der Waals surface area contributed by atoms with Crippen LogP contribution in [0.3, 0.4) is 0 Å². The van der Waals surface area contributed by atoms with Gasteiger partial charge in [0.2, 0.25) is 0 Å². The van der Waals surface area contributed by atoms with Crippen molar-refractivity contribution in [2.45, 2.75) is 39.4 Å². The van der Waals surface area contributed by atoms with Crippen molar-refractivity contribution >= 4 is 0 Å². The molecule has 1 heterocycles. The molecule has 0 bridgehead atoms. The van der Waals surface area contributed by atoms with E-state index in [-0.39, 0.29) is 11.2 Å². The van der Waals surface area contributed by atoms with Gasteiger partial charge in [-0.2, -0.15) is 0 Å². The molecule has 0 N–H and O–H groups in total. The highest BCUT2D eigenvalue weighted by Gasteiger charge is 2.76. The van der Waals surface area contributed by atoms with Crippen molar-refractivity contribution < 1.29 is 9.47 Å². The lowest BCUT2D eigenvalue weighted by atomic mass is 10.0. The quantitative estimate of drug-likeness (QED) is 0.632. The van der Waals surface area contributed by atoms with Crippen LogP contribution in [0.2, 0.25) is 0 Å². The van der Waals surface area contributed by atoms with Gasteiger partial charge >= 0.3 is 0 Å². The first kappa shape index (κ1) is 8.52. The average molecular weight is 170 g/mol. The van der Waals surface area contributed by atoms with E-state index < -0.39 is 0 Å². The molecular formula is C10H18O2. The molecular weight excluding hydrogens is 152 g/mol. The molecule has 2 nitrogen and oxygen atoms in total. The molecule has 12 heavy (non-hydrogen) atoms. The van der Waals surface area contributed by atoms with Crippen molar-refractivity contribution in [3.8, 4) is 0 Å². The Morgan fingerprint density at radius 2 is 1.83 bits per heavy atom. The first-order valence-corrected chi connectivity index (χ1v) is 4.99. The summed E-state index contributed by atoms with van der Waals surface area (Å²) in [5.41, 5.74) is 0.290. The minimum Gasteiger partial charge on any atom is -0.347 e. The molecule has 70 valence electrons. The second-order valence-corrected chi connectivity index (χ2v) is 4.10. The Morgan fingerprint density at radius 3 is 2.17 bits per heavy atom. The molecule has 0 amide bonds. The molecule has 1 spiro atoms. The van der Waals surface area contributed by atoms with E-state index in [1.54, 1.807) is 0 Å². The monoisotopic (exact) mass is 170 g/mol. The Kier molecular flexibility index (Phi) is 1.74. The number of ether oxygens (including phenoxy) is 2. The van der Waals surface area contributed by atoms with E-state index in [2.05, 4.69) is 20.8 Å². The number of hydrogen-bond donors (Lipinski definition) is 0. The van der Waals surface area contributed by atoms with Crippen molar-refractivity contribution in [2.75, 3.05) is 13.2 Å². The highest BCUT2D eigenvalue weighted by Crippen LogP contribution is 2.69. The van der Waals surface area contributed by atoms with Crippen LogP contribution in [0.4, 0.5) is 0 Å². The smallest absolute Gasteiger partial charge is 0.177 e. The molecule has 0 aromatic carbocycles. The minimum absolute atomic E-state index is 0.184. The summed E-state index contributed by atoms with van der Waals surface area (Å²) in [6, 6.07) is 0. The van der Waals surface area contributed by atoms with E-state index in [1.165, 1.54) is 6.42 Å². The number of hydrogen-bond acceptors (Lipinski definition) is 2. The molecule has 2 aliphatic rings. The first-order valence-electron chi connectivity index (χ1n) is 4.99. The molecule has 0 aromatic rings. The normalized spacial score (nSPS) is 43.8. The van der Waals surface area contributed by atoms with E-state index in [1.807, 2.05) is 0 Å². The maximum atomic E-state index is 5.74. The summed E-state index contributed by atoms with van der Waals surface area (Å²) in [6.45, 7) is 8.30. The second kappa shape index (κ2) is 2.46. The maximum Gasteiger partial charge on any atom is 0.177 e. The van der Waals surface area contributed by atoms with Gasteiger partial charge in [-0.25, -0.2) is 0 Å². The predicted octanol–water partition coefficient (Wildman–Crippen LogP) is 2.19. The lowest BCUT2D eigenvalue weighted by Crippen LogP contribution is -2.18. The van der Waals surface area contributed by atoms with Gasteiger partial charge in [0.15, 0.2) is 5.79 Å². The Bertz CT molecular complexity index is 184. The zero-order valence-electron chi connectivity index (χ0n) is 8.22. The molecule has 2 fully saturated rings. The van der Waals surface area contributed by atoms with Crippen molar-refractivity contribution in [2.24, 2.45) is 11.3 Å². The SMILES string of the molecule is CCC1C(C)(CC)C12OCCO2. The Balaban J connectivity index is 2.17. The summed E-state index contributed by atoms with van der Waals surface area (Å²) >= 11 is 0. The second-order valence-electron chi connectivity index (χ2n) is 4.10. The molecule has 1 saturated heterocycles. The van der Waals surface area contributed by atoms with Crippen LogP contribution in [0.25, 0.3) is 0 Å². The summed E-state index contributed by atoms with van der Waals surface area (Å²) in [5, 5.41) is 0. The largest absolute Gasteiger partial charge is 0.347 e. The first-order chi connectivity index (χ1) is 5.71. The van der Waals surface area contributed by atoms with Gasteiger partial charge in [-0.05, 0) is 12.8 Å². The van der Waals surface area contributed by atoms with Crippen LogP contribution in [0.1, 0.15) is 33.6 Å². The molecule has 2 heteroatoms. The van der Waals surface area contributed by atoms with Gasteiger partial charge in [-0.1, -0.05) is 20.8 Å². The van der Waals surface area contributed by atoms with E-state index in [4.69, 9.17) is 9.47 Å². The lowest BCUT2D eigenvalue weighted by molar-refractivity contribution is -0.107. The van der Waals surface area contributed by atoms with E-state index in [9.17, 15) is 0 Å².